The van der Waals surface area contributed by atoms with Crippen molar-refractivity contribution in [3.8, 4) is 5.82 Å². The third-order valence-electron chi connectivity index (χ3n) is 6.42. The Kier molecular flexibility index (Phi) is 5.31. The van der Waals surface area contributed by atoms with Crippen LogP contribution < -0.4 is 10.9 Å². The predicted octanol–water partition coefficient (Wildman–Crippen LogP) is 4.50. The van der Waals surface area contributed by atoms with Gasteiger partial charge in [-0.1, -0.05) is 24.3 Å². The number of rotatable bonds is 5. The number of halogens is 2. The van der Waals surface area contributed by atoms with Gasteiger partial charge in [-0.3, -0.25) is 18.8 Å². The number of hydrogen-bond acceptors (Lipinski definition) is 3. The van der Waals surface area contributed by atoms with Gasteiger partial charge in [-0.2, -0.15) is 5.10 Å². The smallest absolute Gasteiger partial charge is 0.267 e. The van der Waals surface area contributed by atoms with Crippen molar-refractivity contribution in [1.29, 1.82) is 0 Å². The fourth-order valence-corrected chi connectivity index (χ4v) is 4.71. The molecule has 1 atom stereocenters. The number of pyridine rings is 1. The highest BCUT2D eigenvalue weighted by Crippen LogP contribution is 2.41. The van der Waals surface area contributed by atoms with Gasteiger partial charge in [0.2, 0.25) is 0 Å². The van der Waals surface area contributed by atoms with E-state index in [0.717, 1.165) is 12.8 Å². The zero-order valence-corrected chi connectivity index (χ0v) is 19.1. The summed E-state index contributed by atoms with van der Waals surface area (Å²) >= 11 is 0. The van der Waals surface area contributed by atoms with Crippen LogP contribution in [0.2, 0.25) is 0 Å². The second kappa shape index (κ2) is 8.20. The van der Waals surface area contributed by atoms with Crippen LogP contribution in [0, 0.1) is 31.4 Å². The molecule has 1 amide bonds. The lowest BCUT2D eigenvalue weighted by Crippen LogP contribution is -2.33. The van der Waals surface area contributed by atoms with Crippen LogP contribution in [-0.2, 0) is 7.05 Å². The second-order valence-corrected chi connectivity index (χ2v) is 8.87. The van der Waals surface area contributed by atoms with Crippen LogP contribution in [0.4, 0.5) is 8.78 Å². The van der Waals surface area contributed by atoms with E-state index in [0.29, 0.717) is 22.8 Å². The highest BCUT2D eigenvalue weighted by molar-refractivity contribution is 6.08. The van der Waals surface area contributed by atoms with E-state index in [-0.39, 0.29) is 34.1 Å². The standard InChI is InChI=1S/C26H24F2N4O2/c1-14-12-21(31(3)30-14)32-15(2)22(19-8-5-9-20(28)23(19)26(32)34)25(33)29-24(16-10-11-16)17-6-4-7-18(27)13-17/h4-9,12-13,16,24H,10-11H2,1-3H3,(H,29,33)/t24-/m0/s1. The summed E-state index contributed by atoms with van der Waals surface area (Å²) in [6, 6.07) is 11.8. The summed E-state index contributed by atoms with van der Waals surface area (Å²) in [7, 11) is 1.69. The first-order valence-corrected chi connectivity index (χ1v) is 11.2. The zero-order valence-electron chi connectivity index (χ0n) is 19.1. The number of fused-ring (bicyclic) bond motifs is 1. The van der Waals surface area contributed by atoms with Crippen molar-refractivity contribution in [1.82, 2.24) is 19.7 Å². The number of hydrogen-bond donors (Lipinski definition) is 1. The molecule has 1 N–H and O–H groups in total. The number of nitrogens with zero attached hydrogens (tertiary/aromatic N) is 3. The van der Waals surface area contributed by atoms with Gasteiger partial charge in [0.15, 0.2) is 0 Å². The quantitative estimate of drug-likeness (QED) is 0.475. The van der Waals surface area contributed by atoms with E-state index in [9.17, 15) is 18.4 Å². The molecule has 2 aromatic heterocycles. The van der Waals surface area contributed by atoms with E-state index in [1.165, 1.54) is 33.5 Å². The minimum absolute atomic E-state index is 0.161. The van der Waals surface area contributed by atoms with Crippen molar-refractivity contribution in [3.05, 3.63) is 93.0 Å². The minimum atomic E-state index is -0.701. The Morgan fingerprint density at radius 3 is 2.50 bits per heavy atom. The lowest BCUT2D eigenvalue weighted by molar-refractivity contribution is 0.0932. The number of amides is 1. The third-order valence-corrected chi connectivity index (χ3v) is 6.42. The lowest BCUT2D eigenvalue weighted by atomic mass is 9.99. The van der Waals surface area contributed by atoms with Crippen LogP contribution in [0.15, 0.2) is 53.3 Å². The predicted molar refractivity (Wildman–Crippen MR) is 125 cm³/mol. The molecule has 0 aliphatic heterocycles. The molecule has 1 aliphatic rings. The number of aryl methyl sites for hydroxylation is 2. The monoisotopic (exact) mass is 462 g/mol. The largest absolute Gasteiger partial charge is 0.345 e. The summed E-state index contributed by atoms with van der Waals surface area (Å²) in [5.41, 5.74) is 1.38. The molecule has 8 heteroatoms. The normalized spacial score (nSPS) is 14.4. The Balaban J connectivity index is 1.70. The third kappa shape index (κ3) is 3.69. The topological polar surface area (TPSA) is 68.9 Å². The SMILES string of the molecule is Cc1cc(-n2c(C)c(C(=O)N[C@H](c3cccc(F)c3)C3CC3)c3cccc(F)c3c2=O)n(C)n1. The van der Waals surface area contributed by atoms with Crippen LogP contribution in [-0.4, -0.2) is 20.3 Å². The van der Waals surface area contributed by atoms with Crippen LogP contribution >= 0.6 is 0 Å². The maximum atomic E-state index is 14.9. The van der Waals surface area contributed by atoms with E-state index >= 15 is 0 Å². The van der Waals surface area contributed by atoms with Crippen LogP contribution in [0.25, 0.3) is 16.6 Å². The average molecular weight is 463 g/mol. The van der Waals surface area contributed by atoms with Gasteiger partial charge in [0.1, 0.15) is 17.5 Å². The Hall–Kier alpha value is -3.81. The molecular weight excluding hydrogens is 438 g/mol. The molecule has 0 unspecified atom stereocenters. The minimum Gasteiger partial charge on any atom is -0.345 e. The zero-order chi connectivity index (χ0) is 24.1. The maximum Gasteiger partial charge on any atom is 0.267 e. The maximum absolute atomic E-state index is 14.9. The van der Waals surface area contributed by atoms with Gasteiger partial charge in [-0.15, -0.1) is 0 Å². The Labute approximate surface area is 194 Å². The van der Waals surface area contributed by atoms with Crippen molar-refractivity contribution in [2.45, 2.75) is 32.7 Å². The number of carbonyl (C=O) groups excluding carboxylic acids is 1. The first kappa shape index (κ1) is 22.0. The van der Waals surface area contributed by atoms with Gasteiger partial charge >= 0.3 is 0 Å². The van der Waals surface area contributed by atoms with E-state index in [1.54, 1.807) is 45.2 Å². The molecule has 0 spiro atoms. The molecule has 1 saturated carbocycles. The van der Waals surface area contributed by atoms with Crippen molar-refractivity contribution in [2.75, 3.05) is 0 Å². The Morgan fingerprint density at radius 1 is 1.12 bits per heavy atom. The van der Waals surface area contributed by atoms with Crippen molar-refractivity contribution in [2.24, 2.45) is 13.0 Å². The first-order valence-electron chi connectivity index (χ1n) is 11.2. The molecule has 0 saturated heterocycles. The number of nitrogens with one attached hydrogen (secondary N) is 1. The van der Waals surface area contributed by atoms with Crippen LogP contribution in [0.1, 0.15) is 46.2 Å². The second-order valence-electron chi connectivity index (χ2n) is 8.87. The molecule has 174 valence electrons. The highest BCUT2D eigenvalue weighted by atomic mass is 19.1. The van der Waals surface area contributed by atoms with E-state index in [4.69, 9.17) is 0 Å². The molecule has 1 aliphatic carbocycles. The number of carbonyl (C=O) groups is 1. The summed E-state index contributed by atoms with van der Waals surface area (Å²) in [6.45, 7) is 3.45. The van der Waals surface area contributed by atoms with Gasteiger partial charge in [0, 0.05) is 24.2 Å². The summed E-state index contributed by atoms with van der Waals surface area (Å²) in [5.74, 6) is -0.890. The molecule has 0 radical (unpaired) electrons. The molecule has 6 nitrogen and oxygen atoms in total. The molecule has 2 aromatic carbocycles. The fourth-order valence-electron chi connectivity index (χ4n) is 4.71. The van der Waals surface area contributed by atoms with Gasteiger partial charge in [-0.25, -0.2) is 8.78 Å². The summed E-state index contributed by atoms with van der Waals surface area (Å²) in [4.78, 5) is 27.1. The van der Waals surface area contributed by atoms with Crippen molar-refractivity contribution in [3.63, 3.8) is 0 Å². The fraction of sp³-hybridized carbons (Fsp3) is 0.269. The molecule has 2 heterocycles. The van der Waals surface area contributed by atoms with E-state index in [1.807, 2.05) is 0 Å². The number of benzene rings is 2. The van der Waals surface area contributed by atoms with Gasteiger partial charge in [0.25, 0.3) is 11.5 Å². The van der Waals surface area contributed by atoms with Crippen LogP contribution in [0.3, 0.4) is 0 Å². The Morgan fingerprint density at radius 2 is 1.85 bits per heavy atom. The summed E-state index contributed by atoms with van der Waals surface area (Å²) in [5, 5.41) is 7.42. The molecule has 4 aromatic rings. The Bertz CT molecular complexity index is 1500. The molecule has 34 heavy (non-hydrogen) atoms. The first-order chi connectivity index (χ1) is 16.3. The number of aromatic nitrogens is 3. The summed E-state index contributed by atoms with van der Waals surface area (Å²) in [6.07, 6.45) is 1.84. The van der Waals surface area contributed by atoms with Crippen LogP contribution in [0.5, 0.6) is 0 Å². The molecule has 5 rings (SSSR count). The molecular formula is C26H24F2N4O2. The van der Waals surface area contributed by atoms with Gasteiger partial charge in [-0.05, 0) is 56.4 Å². The highest BCUT2D eigenvalue weighted by Gasteiger charge is 2.35. The van der Waals surface area contributed by atoms with Gasteiger partial charge in [0.05, 0.1) is 22.7 Å². The van der Waals surface area contributed by atoms with E-state index in [2.05, 4.69) is 10.4 Å². The summed E-state index contributed by atoms with van der Waals surface area (Å²) < 4.78 is 31.7. The molecule has 0 bridgehead atoms. The van der Waals surface area contributed by atoms with Crippen molar-refractivity contribution < 1.29 is 13.6 Å². The van der Waals surface area contributed by atoms with Crippen molar-refractivity contribution >= 4 is 16.7 Å². The van der Waals surface area contributed by atoms with E-state index < -0.39 is 17.3 Å². The van der Waals surface area contributed by atoms with Gasteiger partial charge < -0.3 is 5.32 Å². The average Bonchev–Trinajstić information content (AvgIpc) is 3.56. The lowest BCUT2D eigenvalue weighted by Gasteiger charge is -2.22. The molecule has 1 fully saturated rings.